The lowest BCUT2D eigenvalue weighted by Gasteiger charge is -2.31. The molecule has 158 valence electrons. The number of hydrogen-bond donors (Lipinski definition) is 0. The third-order valence-corrected chi connectivity index (χ3v) is 7.19. The fourth-order valence-corrected chi connectivity index (χ4v) is 5.18. The lowest BCUT2D eigenvalue weighted by molar-refractivity contribution is -0.157. The monoisotopic (exact) mass is 382 g/mol. The summed E-state index contributed by atoms with van der Waals surface area (Å²) in [6, 6.07) is 0. The van der Waals surface area contributed by atoms with Crippen LogP contribution in [-0.2, 0) is 9.53 Å². The number of rotatable bonds is 5. The maximum Gasteiger partial charge on any atom is 0.309 e. The normalized spacial score (nSPS) is 37.0. The van der Waals surface area contributed by atoms with Crippen molar-refractivity contribution in [1.29, 1.82) is 0 Å². The maximum absolute atomic E-state index is 13.2. The van der Waals surface area contributed by atoms with Crippen LogP contribution in [-0.4, -0.2) is 18.2 Å². The molecule has 3 rings (SSSR count). The number of esters is 1. The molecule has 0 aromatic rings. The zero-order valence-electron chi connectivity index (χ0n) is 18.1. The van der Waals surface area contributed by atoms with Crippen molar-refractivity contribution in [3.63, 3.8) is 0 Å². The van der Waals surface area contributed by atoms with Gasteiger partial charge in [-0.3, -0.25) is 4.79 Å². The maximum atomic E-state index is 13.2. The first-order chi connectivity index (χ1) is 13.1. The van der Waals surface area contributed by atoms with Crippen molar-refractivity contribution in [2.75, 3.05) is 0 Å². The lowest BCUT2D eigenvalue weighted by atomic mass is 9.76. The Morgan fingerprint density at radius 1 is 0.778 bits per heavy atom. The molecule has 2 nitrogen and oxygen atoms in total. The first-order valence-electron chi connectivity index (χ1n) is 11.9. The summed E-state index contributed by atoms with van der Waals surface area (Å²) in [6.07, 6.45) is 14.7. The predicted molar refractivity (Wildman–Crippen MR) is 110 cm³/mol. The van der Waals surface area contributed by atoms with Gasteiger partial charge in [0, 0.05) is 0 Å². The highest BCUT2D eigenvalue weighted by atomic mass is 19.1. The molecule has 3 aliphatic carbocycles. The Balaban J connectivity index is 0.00000126. The highest BCUT2D eigenvalue weighted by molar-refractivity contribution is 5.72. The summed E-state index contributed by atoms with van der Waals surface area (Å²) >= 11 is 0. The molecule has 0 aliphatic heterocycles. The Morgan fingerprint density at radius 3 is 1.78 bits per heavy atom. The van der Waals surface area contributed by atoms with Crippen LogP contribution in [0.2, 0.25) is 0 Å². The van der Waals surface area contributed by atoms with E-state index in [2.05, 4.69) is 6.92 Å². The van der Waals surface area contributed by atoms with Crippen molar-refractivity contribution in [3.8, 4) is 0 Å². The van der Waals surface area contributed by atoms with Crippen LogP contribution in [0.5, 0.6) is 0 Å². The minimum Gasteiger partial charge on any atom is -0.462 e. The Morgan fingerprint density at radius 2 is 1.26 bits per heavy atom. The zero-order chi connectivity index (χ0) is 19.6. The number of carbonyl (C=O) groups is 1. The Hall–Kier alpha value is -0.600. The van der Waals surface area contributed by atoms with E-state index in [9.17, 15) is 9.18 Å². The first kappa shape index (κ1) is 22.7. The van der Waals surface area contributed by atoms with Gasteiger partial charge in [0.1, 0.15) is 12.3 Å². The summed E-state index contributed by atoms with van der Waals surface area (Å²) in [5, 5.41) is 0. The van der Waals surface area contributed by atoms with E-state index >= 15 is 0 Å². The third kappa shape index (κ3) is 7.74. The molecule has 0 aromatic carbocycles. The highest BCUT2D eigenvalue weighted by Gasteiger charge is 2.31. The Kier molecular flexibility index (Phi) is 10.1. The van der Waals surface area contributed by atoms with Crippen molar-refractivity contribution in [2.24, 2.45) is 23.7 Å². The summed E-state index contributed by atoms with van der Waals surface area (Å²) in [5.74, 6) is 2.84. The number of ether oxygens (including phenoxy) is 1. The van der Waals surface area contributed by atoms with Crippen molar-refractivity contribution >= 4 is 5.97 Å². The van der Waals surface area contributed by atoms with Gasteiger partial charge in [-0.2, -0.15) is 0 Å². The Bertz CT molecular complexity index is 401. The molecule has 3 fully saturated rings. The van der Waals surface area contributed by atoms with Gasteiger partial charge in [-0.05, 0) is 69.1 Å². The standard InChI is InChI=1S/C22H37FO2.C2H6/c1-16-2-4-17(5-3-16)6-7-18-8-10-19(11-9-18)22(24)25-21-14-12-20(23)13-15-21;1-2/h16-21H,2-15H2,1H3;1-2H3. The largest absolute Gasteiger partial charge is 0.462 e. The minimum atomic E-state index is -0.683. The van der Waals surface area contributed by atoms with Crippen molar-refractivity contribution in [3.05, 3.63) is 0 Å². The molecule has 0 N–H and O–H groups in total. The summed E-state index contributed by atoms with van der Waals surface area (Å²) in [7, 11) is 0. The van der Waals surface area contributed by atoms with Crippen LogP contribution in [0.4, 0.5) is 4.39 Å². The number of carbonyl (C=O) groups excluding carboxylic acids is 1. The number of hydrogen-bond acceptors (Lipinski definition) is 2. The van der Waals surface area contributed by atoms with Crippen molar-refractivity contribution < 1.29 is 13.9 Å². The molecule has 27 heavy (non-hydrogen) atoms. The number of alkyl halides is 1. The zero-order valence-corrected chi connectivity index (χ0v) is 18.1. The SMILES string of the molecule is CC.CC1CCC(CCC2CCC(C(=O)OC3CCC(F)CC3)CC2)CC1. The minimum absolute atomic E-state index is 0.00188. The van der Waals surface area contributed by atoms with E-state index in [1.807, 2.05) is 13.8 Å². The molecule has 0 saturated heterocycles. The smallest absolute Gasteiger partial charge is 0.309 e. The molecule has 0 radical (unpaired) electrons. The molecule has 0 spiro atoms. The lowest BCUT2D eigenvalue weighted by Crippen LogP contribution is -2.30. The predicted octanol–water partition coefficient (Wildman–Crippen LogP) is 7.25. The highest BCUT2D eigenvalue weighted by Crippen LogP contribution is 2.37. The van der Waals surface area contributed by atoms with E-state index in [4.69, 9.17) is 4.74 Å². The Labute approximate surface area is 167 Å². The van der Waals surface area contributed by atoms with Crippen LogP contribution in [0.25, 0.3) is 0 Å². The van der Waals surface area contributed by atoms with Gasteiger partial charge in [-0.1, -0.05) is 59.3 Å². The molecular weight excluding hydrogens is 339 g/mol. The van der Waals surface area contributed by atoms with Crippen LogP contribution < -0.4 is 0 Å². The van der Waals surface area contributed by atoms with Crippen LogP contribution in [0.15, 0.2) is 0 Å². The fraction of sp³-hybridized carbons (Fsp3) is 0.958. The van der Waals surface area contributed by atoms with Gasteiger partial charge in [0.25, 0.3) is 0 Å². The van der Waals surface area contributed by atoms with Crippen molar-refractivity contribution in [2.45, 2.75) is 123 Å². The fourth-order valence-electron chi connectivity index (χ4n) is 5.18. The van der Waals surface area contributed by atoms with E-state index in [0.717, 1.165) is 30.6 Å². The van der Waals surface area contributed by atoms with E-state index in [0.29, 0.717) is 25.7 Å². The molecule has 0 unspecified atom stereocenters. The van der Waals surface area contributed by atoms with Gasteiger partial charge in [0.15, 0.2) is 0 Å². The van der Waals surface area contributed by atoms with Gasteiger partial charge in [-0.25, -0.2) is 4.39 Å². The van der Waals surface area contributed by atoms with E-state index in [1.165, 1.54) is 51.4 Å². The molecule has 0 amide bonds. The number of halogens is 1. The second kappa shape index (κ2) is 12.1. The quantitative estimate of drug-likeness (QED) is 0.468. The van der Waals surface area contributed by atoms with Gasteiger partial charge in [0.05, 0.1) is 5.92 Å². The summed E-state index contributed by atoms with van der Waals surface area (Å²) < 4.78 is 18.9. The molecule has 0 atom stereocenters. The summed E-state index contributed by atoms with van der Waals surface area (Å²) in [4.78, 5) is 12.4. The molecule has 0 heterocycles. The first-order valence-corrected chi connectivity index (χ1v) is 11.9. The van der Waals surface area contributed by atoms with E-state index in [1.54, 1.807) is 0 Å². The van der Waals surface area contributed by atoms with Crippen molar-refractivity contribution in [1.82, 2.24) is 0 Å². The molecular formula is C24H43FO2. The van der Waals surface area contributed by atoms with Crippen LogP contribution >= 0.6 is 0 Å². The topological polar surface area (TPSA) is 26.3 Å². The van der Waals surface area contributed by atoms with Gasteiger partial charge in [0.2, 0.25) is 0 Å². The van der Waals surface area contributed by atoms with Gasteiger partial charge >= 0.3 is 5.97 Å². The van der Waals surface area contributed by atoms with Gasteiger partial charge in [-0.15, -0.1) is 0 Å². The second-order valence-corrected chi connectivity index (χ2v) is 9.23. The van der Waals surface area contributed by atoms with Gasteiger partial charge < -0.3 is 4.74 Å². The summed E-state index contributed by atoms with van der Waals surface area (Å²) in [6.45, 7) is 6.39. The molecule has 0 aromatic heterocycles. The van der Waals surface area contributed by atoms with Crippen LogP contribution in [0.1, 0.15) is 111 Å². The van der Waals surface area contributed by atoms with E-state index < -0.39 is 6.17 Å². The molecule has 3 aliphatic rings. The average molecular weight is 383 g/mol. The molecule has 3 saturated carbocycles. The third-order valence-electron chi connectivity index (χ3n) is 7.19. The molecule has 3 heteroatoms. The van der Waals surface area contributed by atoms with Crippen LogP contribution in [0.3, 0.4) is 0 Å². The molecule has 0 bridgehead atoms. The average Bonchev–Trinajstić information content (AvgIpc) is 2.71. The second-order valence-electron chi connectivity index (χ2n) is 9.23. The summed E-state index contributed by atoms with van der Waals surface area (Å²) in [5.41, 5.74) is 0. The van der Waals surface area contributed by atoms with Crippen LogP contribution in [0, 0.1) is 23.7 Å². The van der Waals surface area contributed by atoms with E-state index in [-0.39, 0.29) is 18.0 Å².